The van der Waals surface area contributed by atoms with Crippen LogP contribution in [0, 0.1) is 0 Å². The Labute approximate surface area is 193 Å². The molecule has 0 radical (unpaired) electrons. The summed E-state index contributed by atoms with van der Waals surface area (Å²) in [4.78, 5) is 61.9. The molecule has 2 aromatic rings. The van der Waals surface area contributed by atoms with Gasteiger partial charge >= 0.3 is 11.9 Å². The van der Waals surface area contributed by atoms with E-state index in [-0.39, 0.29) is 6.42 Å². The number of hydrogen-bond donors (Lipinski definition) is 8. The molecule has 0 aliphatic heterocycles. The molecule has 13 nitrogen and oxygen atoms in total. The average Bonchev–Trinajstić information content (AvgIpc) is 3.17. The fourth-order valence-corrected chi connectivity index (χ4v) is 3.19. The van der Waals surface area contributed by atoms with Crippen molar-refractivity contribution in [3.63, 3.8) is 0 Å². The molecular weight excluding hydrogens is 450 g/mol. The first kappa shape index (κ1) is 26.3. The number of aliphatic hydroxyl groups is 1. The van der Waals surface area contributed by atoms with E-state index >= 15 is 0 Å². The first-order valence-corrected chi connectivity index (χ1v) is 10.3. The van der Waals surface area contributed by atoms with Crippen LogP contribution in [0.4, 0.5) is 0 Å². The Hall–Kier alpha value is -3.97. The van der Waals surface area contributed by atoms with Crippen LogP contribution >= 0.6 is 0 Å². The lowest BCUT2D eigenvalue weighted by atomic mass is 10.0. The smallest absolute Gasteiger partial charge is 0.326 e. The van der Waals surface area contributed by atoms with E-state index < -0.39 is 66.9 Å². The number of benzene rings is 1. The van der Waals surface area contributed by atoms with Gasteiger partial charge in [-0.05, 0) is 18.6 Å². The highest BCUT2D eigenvalue weighted by molar-refractivity contribution is 5.94. The molecule has 0 saturated carbocycles. The fourth-order valence-electron chi connectivity index (χ4n) is 3.19. The minimum atomic E-state index is -1.51. The van der Waals surface area contributed by atoms with Crippen LogP contribution in [-0.2, 0) is 30.4 Å². The second-order valence-electron chi connectivity index (χ2n) is 7.67. The predicted molar refractivity (Wildman–Crippen MR) is 118 cm³/mol. The molecule has 1 heterocycles. The Balaban J connectivity index is 1.95. The maximum Gasteiger partial charge on any atom is 0.326 e. The van der Waals surface area contributed by atoms with Gasteiger partial charge in [0.2, 0.25) is 17.7 Å². The Morgan fingerprint density at radius 1 is 1.06 bits per heavy atom. The molecule has 0 aliphatic rings. The summed E-state index contributed by atoms with van der Waals surface area (Å²) in [5, 5.41) is 35.5. The van der Waals surface area contributed by atoms with Crippen molar-refractivity contribution >= 4 is 40.6 Å². The Morgan fingerprint density at radius 3 is 2.35 bits per heavy atom. The molecule has 0 bridgehead atoms. The number of rotatable bonds is 12. The van der Waals surface area contributed by atoms with E-state index in [0.29, 0.717) is 5.56 Å². The third-order valence-corrected chi connectivity index (χ3v) is 4.95. The van der Waals surface area contributed by atoms with Crippen LogP contribution in [0.2, 0.25) is 0 Å². The lowest BCUT2D eigenvalue weighted by molar-refractivity contribution is -0.141. The van der Waals surface area contributed by atoms with Crippen molar-refractivity contribution in [2.75, 3.05) is 6.54 Å². The number of aliphatic hydroxyl groups excluding tert-OH is 1. The molecule has 4 unspecified atom stereocenters. The molecule has 2 rings (SSSR count). The third-order valence-electron chi connectivity index (χ3n) is 4.95. The summed E-state index contributed by atoms with van der Waals surface area (Å²) in [6.45, 7) is 0.575. The molecule has 13 heteroatoms. The van der Waals surface area contributed by atoms with E-state index in [1.165, 1.54) is 6.92 Å². The summed E-state index contributed by atoms with van der Waals surface area (Å²) in [7, 11) is 0. The van der Waals surface area contributed by atoms with E-state index in [2.05, 4.69) is 20.9 Å². The number of carbonyl (C=O) groups is 5. The first-order valence-electron chi connectivity index (χ1n) is 10.3. The fraction of sp³-hybridized carbons (Fsp3) is 0.381. The summed E-state index contributed by atoms with van der Waals surface area (Å²) in [5.41, 5.74) is 6.93. The molecule has 3 amide bonds. The number of nitrogens with two attached hydrogens (primary N) is 1. The topological polar surface area (TPSA) is 224 Å². The van der Waals surface area contributed by atoms with Crippen LogP contribution < -0.4 is 21.7 Å². The van der Waals surface area contributed by atoms with Gasteiger partial charge in [0.25, 0.3) is 0 Å². The number of hydrogen-bond acceptors (Lipinski definition) is 7. The number of aromatic nitrogens is 1. The van der Waals surface area contributed by atoms with Gasteiger partial charge < -0.3 is 42.0 Å². The number of aliphatic carboxylic acids is 2. The third kappa shape index (κ3) is 7.28. The molecule has 1 aromatic carbocycles. The monoisotopic (exact) mass is 477 g/mol. The first-order chi connectivity index (χ1) is 16.0. The highest BCUT2D eigenvalue weighted by Crippen LogP contribution is 2.19. The van der Waals surface area contributed by atoms with Crippen molar-refractivity contribution in [2.24, 2.45) is 5.73 Å². The van der Waals surface area contributed by atoms with E-state index in [0.717, 1.165) is 10.9 Å². The number of carboxylic acid groups (broad SMARTS) is 2. The van der Waals surface area contributed by atoms with E-state index in [1.807, 2.05) is 18.2 Å². The zero-order valence-electron chi connectivity index (χ0n) is 18.3. The zero-order chi connectivity index (χ0) is 25.4. The van der Waals surface area contributed by atoms with Gasteiger partial charge in [-0.3, -0.25) is 19.2 Å². The lowest BCUT2D eigenvalue weighted by Gasteiger charge is -2.22. The molecule has 34 heavy (non-hydrogen) atoms. The van der Waals surface area contributed by atoms with Crippen LogP contribution in [0.25, 0.3) is 10.9 Å². The van der Waals surface area contributed by atoms with Crippen molar-refractivity contribution in [3.05, 3.63) is 36.0 Å². The molecule has 0 spiro atoms. The SMILES string of the molecule is CC(O)C(NC(=O)C(N)CC(=O)O)C(=O)NCC(=O)NC(Cc1c[nH]c2ccccc12)C(=O)O. The van der Waals surface area contributed by atoms with Gasteiger partial charge in [0, 0.05) is 23.5 Å². The zero-order valence-corrected chi connectivity index (χ0v) is 18.3. The maximum absolute atomic E-state index is 12.3. The standard InChI is InChI=1S/C21H27N5O8/c1-10(27)18(26-19(31)13(22)7-17(29)30)20(32)24-9-16(28)25-15(21(33)34)6-11-8-23-14-5-3-2-4-12(11)14/h2-5,8,10,13,15,18,23,27H,6-7,9,22H2,1H3,(H,24,32)(H,25,28)(H,26,31)(H,29,30)(H,33,34). The Kier molecular flexibility index (Phi) is 9.10. The number of amides is 3. The van der Waals surface area contributed by atoms with E-state index in [4.69, 9.17) is 10.8 Å². The maximum atomic E-state index is 12.3. The van der Waals surface area contributed by atoms with Crippen LogP contribution in [0.5, 0.6) is 0 Å². The average molecular weight is 477 g/mol. The minimum Gasteiger partial charge on any atom is -0.481 e. The summed E-state index contributed by atoms with van der Waals surface area (Å²) in [5.74, 6) is -5.31. The van der Waals surface area contributed by atoms with Gasteiger partial charge in [-0.15, -0.1) is 0 Å². The molecule has 1 aromatic heterocycles. The number of nitrogens with one attached hydrogen (secondary N) is 4. The number of carbonyl (C=O) groups excluding carboxylic acids is 3. The van der Waals surface area contributed by atoms with Crippen LogP contribution in [0.15, 0.2) is 30.5 Å². The Bertz CT molecular complexity index is 1070. The van der Waals surface area contributed by atoms with Gasteiger partial charge in [-0.1, -0.05) is 18.2 Å². The highest BCUT2D eigenvalue weighted by Gasteiger charge is 2.29. The largest absolute Gasteiger partial charge is 0.481 e. The minimum absolute atomic E-state index is 0.00709. The summed E-state index contributed by atoms with van der Waals surface area (Å²) >= 11 is 0. The van der Waals surface area contributed by atoms with E-state index in [1.54, 1.807) is 12.3 Å². The highest BCUT2D eigenvalue weighted by atomic mass is 16.4. The number of para-hydroxylation sites is 1. The summed E-state index contributed by atoms with van der Waals surface area (Å²) < 4.78 is 0. The molecule has 0 saturated heterocycles. The number of H-pyrrole nitrogens is 1. The molecule has 184 valence electrons. The van der Waals surface area contributed by atoms with Crippen molar-refractivity contribution in [2.45, 2.75) is 44.0 Å². The van der Waals surface area contributed by atoms with Gasteiger partial charge in [0.15, 0.2) is 0 Å². The second-order valence-corrected chi connectivity index (χ2v) is 7.67. The lowest BCUT2D eigenvalue weighted by Crippen LogP contribution is -2.57. The molecule has 0 aliphatic carbocycles. The quantitative estimate of drug-likeness (QED) is 0.170. The van der Waals surface area contributed by atoms with Crippen molar-refractivity contribution in [1.29, 1.82) is 0 Å². The molecule has 4 atom stereocenters. The van der Waals surface area contributed by atoms with Crippen molar-refractivity contribution in [1.82, 2.24) is 20.9 Å². The van der Waals surface area contributed by atoms with Crippen LogP contribution in [0.1, 0.15) is 18.9 Å². The number of carboxylic acids is 2. The second kappa shape index (κ2) is 11.8. The van der Waals surface area contributed by atoms with Crippen molar-refractivity contribution in [3.8, 4) is 0 Å². The number of fused-ring (bicyclic) bond motifs is 1. The molecule has 9 N–H and O–H groups in total. The van der Waals surface area contributed by atoms with Gasteiger partial charge in [-0.25, -0.2) is 4.79 Å². The van der Waals surface area contributed by atoms with Gasteiger partial charge in [-0.2, -0.15) is 0 Å². The van der Waals surface area contributed by atoms with Gasteiger partial charge in [0.1, 0.15) is 12.1 Å². The van der Waals surface area contributed by atoms with E-state index in [9.17, 15) is 34.2 Å². The van der Waals surface area contributed by atoms with Gasteiger partial charge in [0.05, 0.1) is 25.1 Å². The van der Waals surface area contributed by atoms with Crippen LogP contribution in [-0.4, -0.2) is 80.7 Å². The number of aromatic amines is 1. The predicted octanol–water partition coefficient (Wildman–Crippen LogP) is -1.94. The molecular formula is C21H27N5O8. The summed E-state index contributed by atoms with van der Waals surface area (Å²) in [6, 6.07) is 3.03. The van der Waals surface area contributed by atoms with Crippen LogP contribution in [0.3, 0.4) is 0 Å². The normalized spacial score (nSPS) is 14.4. The molecule has 0 fully saturated rings. The van der Waals surface area contributed by atoms with Crippen molar-refractivity contribution < 1.29 is 39.3 Å². The Morgan fingerprint density at radius 2 is 1.74 bits per heavy atom. The summed E-state index contributed by atoms with van der Waals surface area (Å²) in [6.07, 6.45) is -0.431.